The average Bonchev–Trinajstić information content (AvgIpc) is 2.62. The van der Waals surface area contributed by atoms with Crippen LogP contribution in [0.5, 0.6) is 5.75 Å². The lowest BCUT2D eigenvalue weighted by Crippen LogP contribution is -2.54. The van der Waals surface area contributed by atoms with Crippen LogP contribution in [-0.4, -0.2) is 34.4 Å². The third kappa shape index (κ3) is 3.80. The molecule has 10 heteroatoms. The van der Waals surface area contributed by atoms with Crippen molar-refractivity contribution in [2.24, 2.45) is 0 Å². The van der Waals surface area contributed by atoms with Gasteiger partial charge < -0.3 is 15.1 Å². The topological polar surface area (TPSA) is 63.6 Å². The first-order chi connectivity index (χ1) is 12.7. The van der Waals surface area contributed by atoms with Crippen LogP contribution >= 0.6 is 15.9 Å². The number of rotatable bonds is 4. The Kier molecular flexibility index (Phi) is 5.18. The molecule has 0 bridgehead atoms. The number of carbonyl (C=O) groups excluding carboxylic acids is 1. The van der Waals surface area contributed by atoms with Crippen molar-refractivity contribution in [3.05, 3.63) is 62.5 Å². The van der Waals surface area contributed by atoms with Crippen LogP contribution in [0.15, 0.2) is 45.8 Å². The van der Waals surface area contributed by atoms with Gasteiger partial charge in [-0.2, -0.15) is 13.2 Å². The smallest absolute Gasteiger partial charge is 0.408 e. The molecule has 0 radical (unpaired) electrons. The Balaban J connectivity index is 1.99. The Hall–Kier alpha value is -2.49. The van der Waals surface area contributed by atoms with E-state index >= 15 is 0 Å². The number of hydrogen-bond acceptors (Lipinski definition) is 4. The van der Waals surface area contributed by atoms with Gasteiger partial charge in [-0.15, -0.1) is 0 Å². The highest BCUT2D eigenvalue weighted by Crippen LogP contribution is 2.29. The Morgan fingerprint density at radius 2 is 1.93 bits per heavy atom. The van der Waals surface area contributed by atoms with Crippen LogP contribution in [0.2, 0.25) is 0 Å². The van der Waals surface area contributed by atoms with Gasteiger partial charge in [-0.05, 0) is 28.4 Å². The zero-order chi connectivity index (χ0) is 19.8. The van der Waals surface area contributed by atoms with Crippen LogP contribution in [0, 0.1) is 0 Å². The Labute approximate surface area is 160 Å². The molecule has 144 valence electrons. The number of amides is 1. The molecule has 3 rings (SSSR count). The van der Waals surface area contributed by atoms with E-state index in [1.165, 1.54) is 10.9 Å². The summed E-state index contributed by atoms with van der Waals surface area (Å²) >= 11 is 3.09. The third-order valence-electron chi connectivity index (χ3n) is 4.16. The van der Waals surface area contributed by atoms with Gasteiger partial charge in [-0.3, -0.25) is 14.3 Å². The van der Waals surface area contributed by atoms with Crippen LogP contribution < -0.4 is 15.6 Å². The predicted octanol–water partition coefficient (Wildman–Crippen LogP) is 3.10. The van der Waals surface area contributed by atoms with Crippen LogP contribution in [0.4, 0.5) is 13.2 Å². The fraction of sp³-hybridized carbons (Fsp3) is 0.294. The Bertz CT molecular complexity index is 915. The number of nitrogens with zero attached hydrogens (tertiary/aromatic N) is 2. The molecule has 0 spiro atoms. The average molecular weight is 446 g/mol. The molecule has 0 aliphatic carbocycles. The van der Waals surface area contributed by atoms with Crippen molar-refractivity contribution in [3.63, 3.8) is 0 Å². The molecule has 1 atom stereocenters. The summed E-state index contributed by atoms with van der Waals surface area (Å²) in [6, 6.07) is 6.87. The zero-order valence-electron chi connectivity index (χ0n) is 14.1. The molecule has 2 aromatic rings. The maximum atomic E-state index is 13.1. The van der Waals surface area contributed by atoms with Gasteiger partial charge in [0.25, 0.3) is 5.91 Å². The van der Waals surface area contributed by atoms with Crippen LogP contribution in [0.1, 0.15) is 23.0 Å². The van der Waals surface area contributed by atoms with Gasteiger partial charge in [0, 0.05) is 6.20 Å². The molecule has 6 nitrogen and oxygen atoms in total. The molecule has 1 amide bonds. The van der Waals surface area contributed by atoms with Gasteiger partial charge in [0.1, 0.15) is 19.3 Å². The number of hydrogen-bond donors (Lipinski definition) is 1. The van der Waals surface area contributed by atoms with E-state index in [2.05, 4.69) is 21.4 Å². The molecule has 0 saturated carbocycles. The van der Waals surface area contributed by atoms with E-state index in [4.69, 9.17) is 4.74 Å². The number of ether oxygens (including phenoxy) is 1. The number of aromatic nitrogens is 1. The van der Waals surface area contributed by atoms with E-state index in [0.717, 1.165) is 12.5 Å². The van der Waals surface area contributed by atoms with Gasteiger partial charge >= 0.3 is 6.18 Å². The second kappa shape index (κ2) is 7.26. The summed E-state index contributed by atoms with van der Waals surface area (Å²) in [6.07, 6.45) is -3.30. The minimum Gasteiger partial charge on any atom is -0.482 e. The quantitative estimate of drug-likeness (QED) is 0.785. The summed E-state index contributed by atoms with van der Waals surface area (Å²) in [4.78, 5) is 25.8. The molecule has 1 aromatic heterocycles. The summed E-state index contributed by atoms with van der Waals surface area (Å²) in [5.74, 6) is -1.25. The maximum absolute atomic E-state index is 13.1. The number of alkyl halides is 3. The molecule has 1 N–H and O–H groups in total. The summed E-state index contributed by atoms with van der Waals surface area (Å²) in [5, 5.41) is 0. The maximum Gasteiger partial charge on any atom is 0.408 e. The van der Waals surface area contributed by atoms with E-state index in [0.29, 0.717) is 4.90 Å². The van der Waals surface area contributed by atoms with E-state index in [-0.39, 0.29) is 29.2 Å². The fourth-order valence-corrected chi connectivity index (χ4v) is 2.98. The molecular weight excluding hydrogens is 431 g/mol. The van der Waals surface area contributed by atoms with Crippen molar-refractivity contribution in [1.82, 2.24) is 9.58 Å². The lowest BCUT2D eigenvalue weighted by molar-refractivity contribution is -0.172. The normalized spacial score (nSPS) is 15.1. The Morgan fingerprint density at radius 1 is 1.26 bits per heavy atom. The third-order valence-corrected chi connectivity index (χ3v) is 4.73. The van der Waals surface area contributed by atoms with Gasteiger partial charge in [-0.1, -0.05) is 30.3 Å². The highest BCUT2D eigenvalue weighted by molar-refractivity contribution is 9.10. The second-order valence-corrected chi connectivity index (χ2v) is 6.79. The fourth-order valence-electron chi connectivity index (χ4n) is 2.60. The molecule has 0 fully saturated rings. The van der Waals surface area contributed by atoms with E-state index in [9.17, 15) is 22.8 Å². The van der Waals surface area contributed by atoms with E-state index in [1.807, 2.05) is 6.07 Å². The monoisotopic (exact) mass is 445 g/mol. The SMILES string of the molecule is C[C@@H](N1CNn2cc(Br)c(=O)c(OCc3ccccc3)c2C1=O)C(F)(F)F. The standard InChI is InChI=1S/C17H15BrF3N3O3/c1-10(17(19,20)21)23-9-22-24-7-12(18)14(25)15(13(24)16(23)26)27-8-11-5-3-2-4-6-11/h2-7,10,22H,8-9H2,1H3/t10-/m1/s1. The van der Waals surface area contributed by atoms with Crippen LogP contribution in [0.3, 0.4) is 0 Å². The molecule has 0 unspecified atom stereocenters. The molecule has 1 aromatic carbocycles. The summed E-state index contributed by atoms with van der Waals surface area (Å²) in [6.45, 7) is 0.512. The number of carbonyl (C=O) groups is 1. The Morgan fingerprint density at radius 3 is 2.56 bits per heavy atom. The van der Waals surface area contributed by atoms with E-state index < -0.39 is 23.6 Å². The molecule has 1 aliphatic heterocycles. The molecular formula is C17H15BrF3N3O3. The minimum absolute atomic E-state index is 0.0123. The van der Waals surface area contributed by atoms with Crippen molar-refractivity contribution in [2.45, 2.75) is 25.7 Å². The molecule has 2 heterocycles. The van der Waals surface area contributed by atoms with E-state index in [1.54, 1.807) is 24.3 Å². The van der Waals surface area contributed by atoms with Crippen molar-refractivity contribution >= 4 is 21.8 Å². The van der Waals surface area contributed by atoms with Crippen LogP contribution in [-0.2, 0) is 6.61 Å². The number of nitrogens with one attached hydrogen (secondary N) is 1. The molecule has 27 heavy (non-hydrogen) atoms. The van der Waals surface area contributed by atoms with Crippen molar-refractivity contribution in [3.8, 4) is 5.75 Å². The summed E-state index contributed by atoms with van der Waals surface area (Å²) in [5.41, 5.74) is 2.53. The second-order valence-electron chi connectivity index (χ2n) is 5.94. The highest BCUT2D eigenvalue weighted by atomic mass is 79.9. The van der Waals surface area contributed by atoms with Crippen molar-refractivity contribution in [2.75, 3.05) is 12.1 Å². The van der Waals surface area contributed by atoms with Gasteiger partial charge in [0.2, 0.25) is 5.43 Å². The van der Waals surface area contributed by atoms with Crippen LogP contribution in [0.25, 0.3) is 0 Å². The van der Waals surface area contributed by atoms with Gasteiger partial charge in [-0.25, -0.2) is 0 Å². The summed E-state index contributed by atoms with van der Waals surface area (Å²) in [7, 11) is 0. The first-order valence-corrected chi connectivity index (χ1v) is 8.73. The number of pyridine rings is 1. The largest absolute Gasteiger partial charge is 0.482 e. The molecule has 0 saturated heterocycles. The lowest BCUT2D eigenvalue weighted by Gasteiger charge is -2.36. The first-order valence-electron chi connectivity index (χ1n) is 7.93. The first kappa shape index (κ1) is 19.3. The molecule has 1 aliphatic rings. The number of fused-ring (bicyclic) bond motifs is 1. The minimum atomic E-state index is -4.60. The zero-order valence-corrected chi connectivity index (χ0v) is 15.7. The number of benzene rings is 1. The summed E-state index contributed by atoms with van der Waals surface area (Å²) < 4.78 is 46.1. The highest BCUT2D eigenvalue weighted by Gasteiger charge is 2.45. The van der Waals surface area contributed by atoms with Gasteiger partial charge in [0.05, 0.1) is 4.47 Å². The predicted molar refractivity (Wildman–Crippen MR) is 95.1 cm³/mol. The lowest BCUT2D eigenvalue weighted by atomic mass is 10.2. The van der Waals surface area contributed by atoms with Gasteiger partial charge in [0.15, 0.2) is 11.4 Å². The van der Waals surface area contributed by atoms with Crippen molar-refractivity contribution in [1.29, 1.82) is 0 Å². The van der Waals surface area contributed by atoms with Crippen molar-refractivity contribution < 1.29 is 22.7 Å². The number of halogens is 4.